The number of rotatable bonds is 4. The Kier molecular flexibility index (Phi) is 3.27. The molecule has 7 atom stereocenters. The second-order valence-electron chi connectivity index (χ2n) is 9.43. The van der Waals surface area contributed by atoms with Gasteiger partial charge >= 0.3 is 5.97 Å². The van der Waals surface area contributed by atoms with Crippen LogP contribution in [0.1, 0.15) is 46.5 Å². The molecule has 4 bridgehead atoms. The normalized spacial score (nSPS) is 53.0. The molecule has 4 rings (SSSR count). The number of aliphatic carboxylic acids is 1. The van der Waals surface area contributed by atoms with Gasteiger partial charge in [0.15, 0.2) is 0 Å². The molecule has 3 N–H and O–H groups in total. The van der Waals surface area contributed by atoms with Gasteiger partial charge in [0, 0.05) is 5.41 Å². The standard InChI is InChI=1S/C20H28O5/c1-11(2)14-6-12-7-19(10-22)13-4-5-17(3,25)15(13)8-18(12,9-21)20(14,19)16(23)24/h6,10-13,15,21,25H,4-5,7-9H2,1-3H3,(H,23,24)/t12-,13+,15-,17-,18-,19-,20+/m0/s1. The highest BCUT2D eigenvalue weighted by Crippen LogP contribution is 2.82. The van der Waals surface area contributed by atoms with E-state index < -0.39 is 27.8 Å². The molecular formula is C20H28O5. The minimum atomic E-state index is -1.34. The fourth-order valence-corrected chi connectivity index (χ4v) is 7.63. The van der Waals surface area contributed by atoms with Gasteiger partial charge in [-0.25, -0.2) is 0 Å². The lowest BCUT2D eigenvalue weighted by Gasteiger charge is -2.58. The largest absolute Gasteiger partial charge is 0.481 e. The van der Waals surface area contributed by atoms with Crippen molar-refractivity contribution in [3.8, 4) is 0 Å². The molecular weight excluding hydrogens is 320 g/mol. The number of carbonyl (C=O) groups excluding carboxylic acids is 1. The second kappa shape index (κ2) is 4.74. The van der Waals surface area contributed by atoms with Crippen LogP contribution in [0.3, 0.4) is 0 Å². The summed E-state index contributed by atoms with van der Waals surface area (Å²) in [7, 11) is 0. The summed E-state index contributed by atoms with van der Waals surface area (Å²) < 4.78 is 0. The van der Waals surface area contributed by atoms with Crippen molar-refractivity contribution in [2.45, 2.75) is 52.1 Å². The van der Waals surface area contributed by atoms with Crippen LogP contribution in [0.5, 0.6) is 0 Å². The molecule has 4 aliphatic rings. The zero-order chi connectivity index (χ0) is 18.4. The summed E-state index contributed by atoms with van der Waals surface area (Å²) in [5, 5.41) is 31.9. The lowest BCUT2D eigenvalue weighted by Crippen LogP contribution is -2.64. The van der Waals surface area contributed by atoms with Crippen LogP contribution >= 0.6 is 0 Å². The van der Waals surface area contributed by atoms with Crippen LogP contribution in [-0.2, 0) is 9.59 Å². The highest BCUT2D eigenvalue weighted by Gasteiger charge is 2.85. The molecule has 0 unspecified atom stereocenters. The number of aliphatic hydroxyl groups is 2. The molecule has 0 aromatic heterocycles. The van der Waals surface area contributed by atoms with Crippen LogP contribution in [0.4, 0.5) is 0 Å². The number of aliphatic hydroxyl groups excluding tert-OH is 1. The van der Waals surface area contributed by atoms with E-state index in [4.69, 9.17) is 0 Å². The average molecular weight is 348 g/mol. The first-order valence-corrected chi connectivity index (χ1v) is 9.40. The number of carbonyl (C=O) groups is 2. The maximum Gasteiger partial charge on any atom is 0.315 e. The van der Waals surface area contributed by atoms with Gasteiger partial charge in [0.1, 0.15) is 11.7 Å². The predicted molar refractivity (Wildman–Crippen MR) is 90.6 cm³/mol. The minimum Gasteiger partial charge on any atom is -0.481 e. The first-order chi connectivity index (χ1) is 11.6. The minimum absolute atomic E-state index is 0.00473. The predicted octanol–water partition coefficient (Wildman–Crippen LogP) is 2.02. The quantitative estimate of drug-likeness (QED) is 0.534. The first-order valence-electron chi connectivity index (χ1n) is 9.40. The van der Waals surface area contributed by atoms with Gasteiger partial charge in [-0.3, -0.25) is 4.79 Å². The molecule has 0 amide bonds. The molecule has 0 radical (unpaired) electrons. The third-order valence-electron chi connectivity index (χ3n) is 8.45. The average Bonchev–Trinajstić information content (AvgIpc) is 3.08. The zero-order valence-corrected chi connectivity index (χ0v) is 15.2. The van der Waals surface area contributed by atoms with Gasteiger partial charge in [-0.05, 0) is 56.3 Å². The smallest absolute Gasteiger partial charge is 0.315 e. The van der Waals surface area contributed by atoms with Crippen LogP contribution in [0.2, 0.25) is 0 Å². The summed E-state index contributed by atoms with van der Waals surface area (Å²) in [6.07, 6.45) is 5.13. The Labute approximate surface area is 148 Å². The van der Waals surface area contributed by atoms with Crippen molar-refractivity contribution in [3.63, 3.8) is 0 Å². The summed E-state index contributed by atoms with van der Waals surface area (Å²) in [4.78, 5) is 25.4. The van der Waals surface area contributed by atoms with E-state index in [2.05, 4.69) is 0 Å². The van der Waals surface area contributed by atoms with Crippen molar-refractivity contribution >= 4 is 12.3 Å². The Balaban J connectivity index is 2.03. The molecule has 3 saturated carbocycles. The Morgan fingerprint density at radius 1 is 1.36 bits per heavy atom. The Morgan fingerprint density at radius 3 is 2.56 bits per heavy atom. The van der Waals surface area contributed by atoms with E-state index in [1.807, 2.05) is 19.9 Å². The molecule has 3 fully saturated rings. The van der Waals surface area contributed by atoms with E-state index >= 15 is 0 Å². The summed E-state index contributed by atoms with van der Waals surface area (Å²) in [5.41, 5.74) is -3.33. The summed E-state index contributed by atoms with van der Waals surface area (Å²) in [5.74, 6) is -1.35. The molecule has 0 spiro atoms. The number of aldehydes is 1. The third kappa shape index (κ3) is 1.51. The maximum atomic E-state index is 12.8. The molecule has 5 nitrogen and oxygen atoms in total. The van der Waals surface area contributed by atoms with Gasteiger partial charge in [0.25, 0.3) is 0 Å². The van der Waals surface area contributed by atoms with Crippen LogP contribution in [0, 0.1) is 39.9 Å². The van der Waals surface area contributed by atoms with E-state index in [9.17, 15) is 24.9 Å². The van der Waals surface area contributed by atoms with Gasteiger partial charge in [-0.15, -0.1) is 0 Å². The molecule has 0 aromatic rings. The highest BCUT2D eigenvalue weighted by atomic mass is 16.4. The van der Waals surface area contributed by atoms with Gasteiger partial charge in [-0.1, -0.05) is 25.5 Å². The molecule has 5 heteroatoms. The molecule has 0 saturated heterocycles. The molecule has 0 aliphatic heterocycles. The summed E-state index contributed by atoms with van der Waals surface area (Å²) in [6.45, 7) is 5.49. The molecule has 138 valence electrons. The van der Waals surface area contributed by atoms with E-state index in [0.717, 1.165) is 11.9 Å². The summed E-state index contributed by atoms with van der Waals surface area (Å²) >= 11 is 0. The number of hydrogen-bond acceptors (Lipinski definition) is 4. The van der Waals surface area contributed by atoms with E-state index in [1.165, 1.54) is 0 Å². The maximum absolute atomic E-state index is 12.8. The lowest BCUT2D eigenvalue weighted by atomic mass is 9.42. The van der Waals surface area contributed by atoms with Gasteiger partial charge < -0.3 is 20.1 Å². The topological polar surface area (TPSA) is 94.8 Å². The van der Waals surface area contributed by atoms with Gasteiger partial charge in [0.2, 0.25) is 0 Å². The Bertz CT molecular complexity index is 680. The fourth-order valence-electron chi connectivity index (χ4n) is 7.63. The van der Waals surface area contributed by atoms with Crippen molar-refractivity contribution in [1.29, 1.82) is 0 Å². The van der Waals surface area contributed by atoms with Gasteiger partial charge in [0.05, 0.1) is 17.6 Å². The summed E-state index contributed by atoms with van der Waals surface area (Å²) in [6, 6.07) is 0. The van der Waals surface area contributed by atoms with Gasteiger partial charge in [-0.2, -0.15) is 0 Å². The van der Waals surface area contributed by atoms with E-state index in [0.29, 0.717) is 25.7 Å². The fraction of sp³-hybridized carbons (Fsp3) is 0.800. The monoisotopic (exact) mass is 348 g/mol. The number of carboxylic acid groups (broad SMARTS) is 1. The number of hydrogen-bond donors (Lipinski definition) is 3. The Morgan fingerprint density at radius 2 is 2.04 bits per heavy atom. The Hall–Kier alpha value is -1.20. The zero-order valence-electron chi connectivity index (χ0n) is 15.2. The molecule has 25 heavy (non-hydrogen) atoms. The molecule has 4 aliphatic carbocycles. The second-order valence-corrected chi connectivity index (χ2v) is 9.43. The van der Waals surface area contributed by atoms with Crippen LogP contribution in [-0.4, -0.2) is 39.8 Å². The van der Waals surface area contributed by atoms with Crippen LogP contribution in [0.15, 0.2) is 11.6 Å². The lowest BCUT2D eigenvalue weighted by molar-refractivity contribution is -0.189. The molecule has 0 heterocycles. The number of fused-ring (bicyclic) bond motifs is 2. The van der Waals surface area contributed by atoms with E-state index in [-0.39, 0.29) is 30.3 Å². The van der Waals surface area contributed by atoms with Crippen molar-refractivity contribution in [3.05, 3.63) is 11.6 Å². The first kappa shape index (κ1) is 17.2. The third-order valence-corrected chi connectivity index (χ3v) is 8.45. The number of allylic oxidation sites excluding steroid dienone is 1. The highest BCUT2D eigenvalue weighted by molar-refractivity contribution is 5.90. The van der Waals surface area contributed by atoms with Crippen molar-refractivity contribution in [1.82, 2.24) is 0 Å². The van der Waals surface area contributed by atoms with Crippen molar-refractivity contribution < 1.29 is 24.9 Å². The molecule has 0 aromatic carbocycles. The van der Waals surface area contributed by atoms with Crippen LogP contribution < -0.4 is 0 Å². The van der Waals surface area contributed by atoms with Crippen molar-refractivity contribution in [2.75, 3.05) is 6.61 Å². The number of carboxylic acids is 1. The van der Waals surface area contributed by atoms with Crippen LogP contribution in [0.25, 0.3) is 0 Å². The van der Waals surface area contributed by atoms with Crippen molar-refractivity contribution in [2.24, 2.45) is 39.9 Å². The van der Waals surface area contributed by atoms with E-state index in [1.54, 1.807) is 6.92 Å². The SMILES string of the molecule is CC(C)C1=C[C@H]2C[C@]3(C=O)[C@@H]4CC[C@](C)(O)[C@H]4C[C@@]2(CO)[C@]13C(=O)O.